The summed E-state index contributed by atoms with van der Waals surface area (Å²) < 4.78 is 23.2. The Morgan fingerprint density at radius 2 is 1.07 bits per heavy atom. The van der Waals surface area contributed by atoms with E-state index in [2.05, 4.69) is 55.6 Å². The van der Waals surface area contributed by atoms with Crippen molar-refractivity contribution < 1.29 is 32.9 Å². The van der Waals surface area contributed by atoms with Crippen LogP contribution < -0.4 is 10.2 Å². The summed E-state index contributed by atoms with van der Waals surface area (Å²) in [5, 5.41) is 13.7. The molecule has 1 amide bonds. The number of allylic oxidation sites excluding steroid dienone is 7. The van der Waals surface area contributed by atoms with Crippen LogP contribution in [0.3, 0.4) is 0 Å². The topological polar surface area (TPSA) is 108 Å². The minimum absolute atomic E-state index is 0.00537. The maximum absolute atomic E-state index is 12.8. The molecule has 316 valence electrons. The summed E-state index contributed by atoms with van der Waals surface area (Å²) in [4.78, 5) is 25.3. The third kappa shape index (κ3) is 38.7. The van der Waals surface area contributed by atoms with Crippen molar-refractivity contribution in [2.45, 2.75) is 193 Å². The maximum atomic E-state index is 12.8. The van der Waals surface area contributed by atoms with E-state index in [0.29, 0.717) is 17.4 Å². The van der Waals surface area contributed by atoms with E-state index in [-0.39, 0.29) is 19.1 Å². The molecule has 0 aromatic carbocycles. The first-order valence-corrected chi connectivity index (χ1v) is 23.5. The third-order valence-corrected chi connectivity index (χ3v) is 10.5. The number of aliphatic hydroxyl groups excluding tert-OH is 1. The highest BCUT2D eigenvalue weighted by Gasteiger charge is 2.23. The lowest BCUT2D eigenvalue weighted by molar-refractivity contribution is -0.870. The van der Waals surface area contributed by atoms with Gasteiger partial charge in [-0.3, -0.25) is 9.36 Å². The molecule has 0 radical (unpaired) electrons. The lowest BCUT2D eigenvalue weighted by atomic mass is 10.0. The van der Waals surface area contributed by atoms with Gasteiger partial charge < -0.3 is 28.8 Å². The molecular weight excluding hydrogens is 695 g/mol. The Morgan fingerprint density at radius 1 is 0.648 bits per heavy atom. The zero-order valence-electron chi connectivity index (χ0n) is 35.7. The lowest BCUT2D eigenvalue weighted by Gasteiger charge is -2.29. The van der Waals surface area contributed by atoms with E-state index in [1.165, 1.54) is 96.3 Å². The number of quaternary nitrogens is 1. The number of amides is 1. The Morgan fingerprint density at radius 3 is 1.59 bits per heavy atom. The second-order valence-corrected chi connectivity index (χ2v) is 17.5. The van der Waals surface area contributed by atoms with Crippen LogP contribution in [-0.2, 0) is 18.4 Å². The molecule has 0 aromatic rings. The van der Waals surface area contributed by atoms with Crippen LogP contribution in [0.2, 0.25) is 0 Å². The number of likely N-dealkylation sites (N-methyl/N-ethyl adjacent to an activating group) is 1. The Balaban J connectivity index is 4.45. The normalized spacial score (nSPS) is 14.9. The molecule has 0 fully saturated rings. The van der Waals surface area contributed by atoms with Crippen LogP contribution in [0.4, 0.5) is 0 Å². The smallest absolute Gasteiger partial charge is 0.268 e. The highest BCUT2D eigenvalue weighted by Crippen LogP contribution is 2.38. The van der Waals surface area contributed by atoms with E-state index in [1.807, 2.05) is 27.2 Å². The van der Waals surface area contributed by atoms with E-state index < -0.39 is 20.0 Å². The number of rotatable bonds is 39. The van der Waals surface area contributed by atoms with Crippen molar-refractivity contribution in [2.24, 2.45) is 0 Å². The molecule has 0 spiro atoms. The van der Waals surface area contributed by atoms with Gasteiger partial charge in [-0.1, -0.05) is 165 Å². The maximum Gasteiger partial charge on any atom is 0.268 e. The highest BCUT2D eigenvalue weighted by molar-refractivity contribution is 7.45. The summed E-state index contributed by atoms with van der Waals surface area (Å²) in [5.74, 6) is -0.213. The Hall–Kier alpha value is -1.54. The molecular formula is C45H85N2O6P. The predicted molar refractivity (Wildman–Crippen MR) is 228 cm³/mol. The predicted octanol–water partition coefficient (Wildman–Crippen LogP) is 11.4. The minimum Gasteiger partial charge on any atom is -0.756 e. The summed E-state index contributed by atoms with van der Waals surface area (Å²) >= 11 is 0. The molecule has 0 aromatic heterocycles. The average molecular weight is 781 g/mol. The van der Waals surface area contributed by atoms with Crippen molar-refractivity contribution in [2.75, 3.05) is 40.9 Å². The number of phosphoric ester groups is 1. The van der Waals surface area contributed by atoms with Crippen LogP contribution in [0, 0.1) is 0 Å². The van der Waals surface area contributed by atoms with Crippen molar-refractivity contribution in [3.05, 3.63) is 48.6 Å². The van der Waals surface area contributed by atoms with Gasteiger partial charge in [0.2, 0.25) is 5.91 Å². The fourth-order valence-electron chi connectivity index (χ4n) is 5.98. The largest absolute Gasteiger partial charge is 0.756 e. The molecule has 0 rings (SSSR count). The number of carbonyl (C=O) groups is 1. The van der Waals surface area contributed by atoms with Crippen LogP contribution in [0.15, 0.2) is 48.6 Å². The van der Waals surface area contributed by atoms with Gasteiger partial charge in [-0.25, -0.2) is 0 Å². The van der Waals surface area contributed by atoms with Gasteiger partial charge in [0.05, 0.1) is 39.9 Å². The van der Waals surface area contributed by atoms with Crippen LogP contribution in [0.5, 0.6) is 0 Å². The molecule has 3 atom stereocenters. The molecule has 0 aliphatic carbocycles. The third-order valence-electron chi connectivity index (χ3n) is 9.53. The fraction of sp³-hybridized carbons (Fsp3) is 0.800. The average Bonchev–Trinajstić information content (AvgIpc) is 3.12. The number of nitrogens with one attached hydrogen (secondary N) is 1. The molecule has 9 heteroatoms. The molecule has 0 aliphatic rings. The van der Waals surface area contributed by atoms with Crippen molar-refractivity contribution in [1.82, 2.24) is 5.32 Å². The molecule has 8 nitrogen and oxygen atoms in total. The lowest BCUT2D eigenvalue weighted by Crippen LogP contribution is -2.45. The van der Waals surface area contributed by atoms with Crippen LogP contribution in [0.1, 0.15) is 181 Å². The first kappa shape index (κ1) is 52.5. The SMILES string of the molecule is CCCCC/C=C\C/C=C\C/C=C\CCCCCCCCC(=O)NC(COP(=O)([O-])OCC[N+](C)(C)C)C(O)/C=C/CCCCCCCCCCCCC. The van der Waals surface area contributed by atoms with Gasteiger partial charge in [0.15, 0.2) is 0 Å². The highest BCUT2D eigenvalue weighted by atomic mass is 31.2. The first-order chi connectivity index (χ1) is 26.0. The zero-order valence-corrected chi connectivity index (χ0v) is 36.6. The number of phosphoric acid groups is 1. The van der Waals surface area contributed by atoms with Gasteiger partial charge in [0.25, 0.3) is 7.82 Å². The number of carbonyl (C=O) groups excluding carboxylic acids is 1. The second-order valence-electron chi connectivity index (χ2n) is 16.0. The Kier molecular flexibility index (Phi) is 36.0. The van der Waals surface area contributed by atoms with Gasteiger partial charge in [0, 0.05) is 6.42 Å². The van der Waals surface area contributed by atoms with Gasteiger partial charge >= 0.3 is 0 Å². The van der Waals surface area contributed by atoms with Crippen molar-refractivity contribution in [3.63, 3.8) is 0 Å². The second kappa shape index (κ2) is 37.1. The van der Waals surface area contributed by atoms with E-state index in [9.17, 15) is 19.4 Å². The number of aliphatic hydroxyl groups is 1. The standard InChI is InChI=1S/C45H85N2O6P/c1-6-8-10-12-14-16-18-20-21-22-23-24-25-27-29-31-33-35-37-39-45(49)46-43(42-53-54(50,51)52-41-40-47(3,4)5)44(48)38-36-34-32-30-28-26-19-17-15-13-11-9-7-2/h14,16,20-21,23-24,36,38,43-44,48H,6-13,15,17-19,22,25-35,37,39-42H2,1-5H3,(H-,46,49,50,51)/b16-14-,21-20-,24-23-,38-36+. The summed E-state index contributed by atoms with van der Waals surface area (Å²) in [6.07, 6.45) is 45.7. The Bertz CT molecular complexity index is 1020. The van der Waals surface area contributed by atoms with E-state index in [4.69, 9.17) is 9.05 Å². The summed E-state index contributed by atoms with van der Waals surface area (Å²) in [6, 6.07) is -0.893. The quantitative estimate of drug-likeness (QED) is 0.0278. The fourth-order valence-corrected chi connectivity index (χ4v) is 6.70. The molecule has 0 saturated heterocycles. The minimum atomic E-state index is -4.59. The summed E-state index contributed by atoms with van der Waals surface area (Å²) in [5.41, 5.74) is 0. The number of nitrogens with zero attached hydrogens (tertiary/aromatic N) is 1. The van der Waals surface area contributed by atoms with E-state index in [0.717, 1.165) is 64.2 Å². The van der Waals surface area contributed by atoms with Gasteiger partial charge in [-0.15, -0.1) is 0 Å². The van der Waals surface area contributed by atoms with Gasteiger partial charge in [-0.05, 0) is 57.8 Å². The molecule has 0 bridgehead atoms. The molecule has 0 aliphatic heterocycles. The number of hydrogen-bond donors (Lipinski definition) is 2. The summed E-state index contributed by atoms with van der Waals surface area (Å²) in [6.45, 7) is 4.59. The van der Waals surface area contributed by atoms with Crippen LogP contribution in [0.25, 0.3) is 0 Å². The summed E-state index contributed by atoms with van der Waals surface area (Å²) in [7, 11) is 1.24. The van der Waals surface area contributed by atoms with Crippen molar-refractivity contribution in [1.29, 1.82) is 0 Å². The van der Waals surface area contributed by atoms with Gasteiger partial charge in [-0.2, -0.15) is 0 Å². The van der Waals surface area contributed by atoms with E-state index >= 15 is 0 Å². The van der Waals surface area contributed by atoms with Crippen molar-refractivity contribution in [3.8, 4) is 0 Å². The molecule has 0 heterocycles. The molecule has 0 saturated carbocycles. The van der Waals surface area contributed by atoms with Crippen LogP contribution >= 0.6 is 7.82 Å². The Labute approximate surface area is 333 Å². The molecule has 54 heavy (non-hydrogen) atoms. The molecule has 2 N–H and O–H groups in total. The monoisotopic (exact) mass is 781 g/mol. The molecule has 3 unspecified atom stereocenters. The zero-order chi connectivity index (χ0) is 40.0. The van der Waals surface area contributed by atoms with Crippen LogP contribution in [-0.4, -0.2) is 68.5 Å². The van der Waals surface area contributed by atoms with Gasteiger partial charge in [0.1, 0.15) is 13.2 Å². The number of hydrogen-bond acceptors (Lipinski definition) is 6. The van der Waals surface area contributed by atoms with Crippen molar-refractivity contribution >= 4 is 13.7 Å². The first-order valence-electron chi connectivity index (χ1n) is 22.0. The number of unbranched alkanes of at least 4 members (excludes halogenated alkanes) is 20. The van der Waals surface area contributed by atoms with E-state index in [1.54, 1.807) is 6.08 Å².